The summed E-state index contributed by atoms with van der Waals surface area (Å²) < 4.78 is 14.9. The molecular weight excluding hydrogens is 353 g/mol. The van der Waals surface area contributed by atoms with Crippen LogP contribution >= 0.6 is 11.3 Å². The van der Waals surface area contributed by atoms with Crippen molar-refractivity contribution in [3.05, 3.63) is 77.9 Å². The van der Waals surface area contributed by atoms with E-state index in [1.807, 2.05) is 12.1 Å². The number of benzene rings is 1. The molecule has 0 spiro atoms. The fraction of sp³-hybridized carbons (Fsp3) is 0. The minimum absolute atomic E-state index is 0.233. The zero-order valence-corrected chi connectivity index (χ0v) is 14.2. The van der Waals surface area contributed by atoms with Gasteiger partial charge in [0.05, 0.1) is 11.4 Å². The maximum absolute atomic E-state index is 13.3. The number of nitrogens with zero attached hydrogens (tertiary/aromatic N) is 4. The highest BCUT2D eigenvalue weighted by atomic mass is 32.1. The molecule has 128 valence electrons. The average Bonchev–Trinajstić information content (AvgIpc) is 3.33. The van der Waals surface area contributed by atoms with E-state index in [-0.39, 0.29) is 17.4 Å². The van der Waals surface area contributed by atoms with Gasteiger partial charge in [0.15, 0.2) is 10.8 Å². The monoisotopic (exact) mass is 365 g/mol. The molecule has 0 saturated heterocycles. The molecule has 0 saturated carbocycles. The highest BCUT2D eigenvalue weighted by molar-refractivity contribution is 7.13. The molecule has 1 aromatic carbocycles. The van der Waals surface area contributed by atoms with Crippen molar-refractivity contribution >= 4 is 22.4 Å². The molecule has 0 aliphatic rings. The van der Waals surface area contributed by atoms with Gasteiger partial charge in [0.1, 0.15) is 5.82 Å². The third kappa shape index (κ3) is 3.22. The smallest absolute Gasteiger partial charge is 0.277 e. The number of anilines is 1. The van der Waals surface area contributed by atoms with Gasteiger partial charge in [-0.2, -0.15) is 5.10 Å². The molecule has 0 fully saturated rings. The summed E-state index contributed by atoms with van der Waals surface area (Å²) in [4.78, 5) is 20.6. The van der Waals surface area contributed by atoms with Gasteiger partial charge in [0.2, 0.25) is 0 Å². The molecule has 4 aromatic rings. The van der Waals surface area contributed by atoms with Crippen molar-refractivity contribution in [1.29, 1.82) is 0 Å². The third-order valence-electron chi connectivity index (χ3n) is 3.64. The molecule has 3 heterocycles. The number of aromatic nitrogens is 4. The van der Waals surface area contributed by atoms with Gasteiger partial charge in [-0.05, 0) is 42.5 Å². The van der Waals surface area contributed by atoms with Gasteiger partial charge < -0.3 is 0 Å². The molecule has 3 aromatic heterocycles. The van der Waals surface area contributed by atoms with Crippen molar-refractivity contribution in [1.82, 2.24) is 19.7 Å². The van der Waals surface area contributed by atoms with Crippen LogP contribution in [0, 0.1) is 5.82 Å². The molecule has 0 bridgehead atoms. The van der Waals surface area contributed by atoms with Gasteiger partial charge in [-0.1, -0.05) is 0 Å². The Balaban J connectivity index is 1.77. The largest absolute Gasteiger partial charge is 0.296 e. The van der Waals surface area contributed by atoms with E-state index in [9.17, 15) is 9.18 Å². The lowest BCUT2D eigenvalue weighted by Gasteiger charge is -2.07. The first kappa shape index (κ1) is 16.1. The number of amides is 1. The summed E-state index contributed by atoms with van der Waals surface area (Å²) in [5, 5.41) is 9.39. The van der Waals surface area contributed by atoms with Gasteiger partial charge >= 0.3 is 0 Å². The van der Waals surface area contributed by atoms with Crippen LogP contribution in [0.3, 0.4) is 0 Å². The van der Waals surface area contributed by atoms with Crippen LogP contribution in [0.25, 0.3) is 16.9 Å². The summed E-state index contributed by atoms with van der Waals surface area (Å²) in [7, 11) is 0. The van der Waals surface area contributed by atoms with Crippen molar-refractivity contribution in [2.24, 2.45) is 0 Å². The van der Waals surface area contributed by atoms with E-state index in [2.05, 4.69) is 20.4 Å². The number of hydrogen-bond donors (Lipinski definition) is 1. The van der Waals surface area contributed by atoms with E-state index in [0.717, 1.165) is 5.56 Å². The lowest BCUT2D eigenvalue weighted by molar-refractivity contribution is 0.102. The molecule has 0 atom stereocenters. The first-order valence-corrected chi connectivity index (χ1v) is 8.56. The van der Waals surface area contributed by atoms with Gasteiger partial charge in [-0.3, -0.25) is 15.1 Å². The van der Waals surface area contributed by atoms with Crippen molar-refractivity contribution < 1.29 is 9.18 Å². The normalized spacial score (nSPS) is 10.7. The van der Waals surface area contributed by atoms with Gasteiger partial charge in [-0.15, -0.1) is 11.3 Å². The van der Waals surface area contributed by atoms with E-state index in [4.69, 9.17) is 0 Å². The highest BCUT2D eigenvalue weighted by Gasteiger charge is 2.17. The standard InChI is InChI=1S/C18H12FN5OS/c19-13-1-3-14(4-2-13)24-16(12-5-7-20-8-6-12)11-15(23-24)17(25)22-18-21-9-10-26-18/h1-11H,(H,21,22,25). The maximum atomic E-state index is 13.3. The Morgan fingerprint density at radius 2 is 1.85 bits per heavy atom. The van der Waals surface area contributed by atoms with Crippen LogP contribution in [0.1, 0.15) is 10.5 Å². The Bertz CT molecular complexity index is 1030. The lowest BCUT2D eigenvalue weighted by atomic mass is 10.2. The molecule has 8 heteroatoms. The number of rotatable bonds is 4. The summed E-state index contributed by atoms with van der Waals surface area (Å²) >= 11 is 1.32. The van der Waals surface area contributed by atoms with Crippen LogP contribution in [-0.4, -0.2) is 25.7 Å². The Morgan fingerprint density at radius 3 is 2.54 bits per heavy atom. The molecular formula is C18H12FN5OS. The Morgan fingerprint density at radius 1 is 1.08 bits per heavy atom. The molecule has 1 amide bonds. The number of thiazole rings is 1. The fourth-order valence-corrected chi connectivity index (χ4v) is 2.97. The Kier molecular flexibility index (Phi) is 4.24. The minimum Gasteiger partial charge on any atom is -0.296 e. The van der Waals surface area contributed by atoms with Crippen LogP contribution < -0.4 is 5.32 Å². The molecule has 4 rings (SSSR count). The molecule has 0 radical (unpaired) electrons. The van der Waals surface area contributed by atoms with Crippen molar-refractivity contribution in [3.8, 4) is 16.9 Å². The lowest BCUT2D eigenvalue weighted by Crippen LogP contribution is -2.13. The summed E-state index contributed by atoms with van der Waals surface area (Å²) in [6.45, 7) is 0. The molecule has 0 aliphatic heterocycles. The van der Waals surface area contributed by atoms with Crippen LogP contribution in [0.4, 0.5) is 9.52 Å². The van der Waals surface area contributed by atoms with Crippen LogP contribution in [0.15, 0.2) is 66.4 Å². The zero-order chi connectivity index (χ0) is 17.9. The van der Waals surface area contributed by atoms with Gasteiger partial charge in [0.25, 0.3) is 5.91 Å². The maximum Gasteiger partial charge on any atom is 0.277 e. The number of pyridine rings is 1. The van der Waals surface area contributed by atoms with Crippen LogP contribution in [0.2, 0.25) is 0 Å². The SMILES string of the molecule is O=C(Nc1nccs1)c1cc(-c2ccncc2)n(-c2ccc(F)cc2)n1. The fourth-order valence-electron chi connectivity index (χ4n) is 2.45. The predicted molar refractivity (Wildman–Crippen MR) is 96.8 cm³/mol. The van der Waals surface area contributed by atoms with E-state index >= 15 is 0 Å². The topological polar surface area (TPSA) is 72.7 Å². The zero-order valence-electron chi connectivity index (χ0n) is 13.3. The first-order valence-electron chi connectivity index (χ1n) is 7.68. The molecule has 1 N–H and O–H groups in total. The van der Waals surface area contributed by atoms with Gasteiger partial charge in [-0.25, -0.2) is 14.1 Å². The summed E-state index contributed by atoms with van der Waals surface area (Å²) in [6.07, 6.45) is 4.93. The van der Waals surface area contributed by atoms with E-state index in [0.29, 0.717) is 16.5 Å². The van der Waals surface area contributed by atoms with Crippen LogP contribution in [0.5, 0.6) is 0 Å². The summed E-state index contributed by atoms with van der Waals surface area (Å²) in [5.74, 6) is -0.704. The molecule has 6 nitrogen and oxygen atoms in total. The highest BCUT2D eigenvalue weighted by Crippen LogP contribution is 2.24. The minimum atomic E-state index is -0.365. The number of carbonyl (C=O) groups excluding carboxylic acids is 1. The summed E-state index contributed by atoms with van der Waals surface area (Å²) in [6, 6.07) is 11.2. The molecule has 26 heavy (non-hydrogen) atoms. The second-order valence-electron chi connectivity index (χ2n) is 5.33. The second kappa shape index (κ2) is 6.85. The number of nitrogens with one attached hydrogen (secondary N) is 1. The van der Waals surface area contributed by atoms with Crippen molar-refractivity contribution in [2.45, 2.75) is 0 Å². The number of hydrogen-bond acceptors (Lipinski definition) is 5. The number of carbonyl (C=O) groups is 1. The van der Waals surface area contributed by atoms with Crippen molar-refractivity contribution in [3.63, 3.8) is 0 Å². The van der Waals surface area contributed by atoms with E-state index < -0.39 is 0 Å². The Hall–Kier alpha value is -3.39. The van der Waals surface area contributed by atoms with E-state index in [1.165, 1.54) is 23.5 Å². The second-order valence-corrected chi connectivity index (χ2v) is 6.22. The van der Waals surface area contributed by atoms with Crippen LogP contribution in [-0.2, 0) is 0 Å². The van der Waals surface area contributed by atoms with E-state index in [1.54, 1.807) is 46.9 Å². The molecule has 0 unspecified atom stereocenters. The number of halogens is 1. The summed E-state index contributed by atoms with van der Waals surface area (Å²) in [5.41, 5.74) is 2.41. The molecule has 0 aliphatic carbocycles. The Labute approximate surface area is 152 Å². The average molecular weight is 365 g/mol. The first-order chi connectivity index (χ1) is 12.7. The quantitative estimate of drug-likeness (QED) is 0.597. The third-order valence-corrected chi connectivity index (χ3v) is 4.33. The predicted octanol–water partition coefficient (Wildman–Crippen LogP) is 3.78. The van der Waals surface area contributed by atoms with Crippen molar-refractivity contribution in [2.75, 3.05) is 5.32 Å². The van der Waals surface area contributed by atoms with Gasteiger partial charge in [0, 0.05) is 29.5 Å².